The minimum absolute atomic E-state index is 0.0566. The molecule has 2 heterocycles. The van der Waals surface area contributed by atoms with Crippen molar-refractivity contribution in [2.75, 3.05) is 17.2 Å². The van der Waals surface area contributed by atoms with Crippen molar-refractivity contribution < 1.29 is 21.6 Å². The predicted octanol–water partition coefficient (Wildman–Crippen LogP) is 4.60. The summed E-state index contributed by atoms with van der Waals surface area (Å²) < 4.78 is 63.3. The zero-order chi connectivity index (χ0) is 24.2. The molecule has 0 unspecified atom stereocenters. The van der Waals surface area contributed by atoms with Crippen LogP contribution in [0.5, 0.6) is 0 Å². The first-order valence-corrected chi connectivity index (χ1v) is 11.5. The Kier molecular flexibility index (Phi) is 7.40. The lowest BCUT2D eigenvalue weighted by Gasteiger charge is -2.14. The molecule has 0 aliphatic heterocycles. The van der Waals surface area contributed by atoms with Gasteiger partial charge in [0.05, 0.1) is 4.90 Å². The van der Waals surface area contributed by atoms with Gasteiger partial charge in [-0.25, -0.2) is 28.1 Å². The van der Waals surface area contributed by atoms with Gasteiger partial charge in [-0.05, 0) is 44.2 Å². The molecule has 2 aromatic heterocycles. The Hall–Kier alpha value is -2.96. The topological polar surface area (TPSA) is 109 Å². The summed E-state index contributed by atoms with van der Waals surface area (Å²) in [5.41, 5.74) is 0.717. The van der Waals surface area contributed by atoms with E-state index >= 15 is 0 Å². The standard InChI is InChI=1S/C20H20ClF3N6O2S/c1-12(2)26-17-10-18(30-19(29-17)15-7-4-8-16(21)28-15)27-13-5-3-6-14(9-13)33(31,32)25-11-20(22,23)24/h3-10,12,25H,11H2,1-2H3,(H2,26,27,29,30). The van der Waals surface area contributed by atoms with Crippen LogP contribution in [-0.4, -0.2) is 42.1 Å². The highest BCUT2D eigenvalue weighted by Crippen LogP contribution is 2.25. The average molecular weight is 501 g/mol. The van der Waals surface area contributed by atoms with E-state index in [2.05, 4.69) is 25.6 Å². The van der Waals surface area contributed by atoms with E-state index in [1.807, 2.05) is 13.8 Å². The second-order valence-electron chi connectivity index (χ2n) is 7.20. The van der Waals surface area contributed by atoms with Gasteiger partial charge >= 0.3 is 6.18 Å². The number of aromatic nitrogens is 3. The zero-order valence-electron chi connectivity index (χ0n) is 17.5. The van der Waals surface area contributed by atoms with Crippen LogP contribution in [0, 0.1) is 0 Å². The van der Waals surface area contributed by atoms with E-state index in [0.29, 0.717) is 23.0 Å². The lowest BCUT2D eigenvalue weighted by Crippen LogP contribution is -2.33. The van der Waals surface area contributed by atoms with Gasteiger partial charge in [0.25, 0.3) is 0 Å². The van der Waals surface area contributed by atoms with Gasteiger partial charge in [0.2, 0.25) is 10.0 Å². The monoisotopic (exact) mass is 500 g/mol. The van der Waals surface area contributed by atoms with Crippen LogP contribution in [0.25, 0.3) is 11.5 Å². The highest BCUT2D eigenvalue weighted by molar-refractivity contribution is 7.89. The van der Waals surface area contributed by atoms with Gasteiger partial charge in [-0.1, -0.05) is 23.7 Å². The fraction of sp³-hybridized carbons (Fsp3) is 0.250. The molecule has 0 saturated carbocycles. The first-order chi connectivity index (χ1) is 15.4. The Morgan fingerprint density at radius 1 is 1.00 bits per heavy atom. The van der Waals surface area contributed by atoms with Gasteiger partial charge in [0, 0.05) is 17.8 Å². The lowest BCUT2D eigenvalue weighted by molar-refractivity contribution is -0.121. The highest BCUT2D eigenvalue weighted by Gasteiger charge is 2.30. The summed E-state index contributed by atoms with van der Waals surface area (Å²) in [5.74, 6) is 1.05. The third kappa shape index (κ3) is 7.27. The molecule has 0 aliphatic rings. The summed E-state index contributed by atoms with van der Waals surface area (Å²) in [7, 11) is -4.37. The first-order valence-electron chi connectivity index (χ1n) is 9.63. The zero-order valence-corrected chi connectivity index (χ0v) is 19.1. The number of nitrogens with zero attached hydrogens (tertiary/aromatic N) is 3. The number of hydrogen-bond acceptors (Lipinski definition) is 7. The fourth-order valence-corrected chi connectivity index (χ4v) is 3.90. The molecule has 13 heteroatoms. The van der Waals surface area contributed by atoms with E-state index in [-0.39, 0.29) is 21.9 Å². The number of nitrogens with one attached hydrogen (secondary N) is 3. The average Bonchev–Trinajstić information content (AvgIpc) is 2.71. The number of sulfonamides is 1. The van der Waals surface area contributed by atoms with Gasteiger partial charge in [-0.3, -0.25) is 0 Å². The smallest absolute Gasteiger partial charge is 0.368 e. The molecule has 3 aromatic rings. The summed E-state index contributed by atoms with van der Waals surface area (Å²) >= 11 is 5.97. The van der Waals surface area contributed by atoms with Crippen molar-refractivity contribution in [2.45, 2.75) is 31.0 Å². The molecule has 3 rings (SSSR count). The van der Waals surface area contributed by atoms with Crippen LogP contribution < -0.4 is 15.4 Å². The third-order valence-electron chi connectivity index (χ3n) is 3.99. The first kappa shape index (κ1) is 24.7. The molecule has 1 aromatic carbocycles. The van der Waals surface area contributed by atoms with Crippen LogP contribution in [0.3, 0.4) is 0 Å². The molecular formula is C20H20ClF3N6O2S. The number of halogens is 4. The van der Waals surface area contributed by atoms with Gasteiger partial charge < -0.3 is 10.6 Å². The lowest BCUT2D eigenvalue weighted by atomic mass is 10.3. The maximum absolute atomic E-state index is 12.4. The van der Waals surface area contributed by atoms with Crippen molar-refractivity contribution in [1.82, 2.24) is 19.7 Å². The second-order valence-corrected chi connectivity index (χ2v) is 9.35. The molecule has 0 radical (unpaired) electrons. The molecule has 0 amide bonds. The molecule has 0 saturated heterocycles. The summed E-state index contributed by atoms with van der Waals surface area (Å²) in [6.45, 7) is 2.18. The third-order valence-corrected chi connectivity index (χ3v) is 5.60. The second kappa shape index (κ2) is 9.89. The molecule has 176 valence electrons. The van der Waals surface area contributed by atoms with Crippen LogP contribution in [0.2, 0.25) is 5.15 Å². The van der Waals surface area contributed by atoms with Crippen molar-refractivity contribution in [1.29, 1.82) is 0 Å². The van der Waals surface area contributed by atoms with Crippen LogP contribution in [0.15, 0.2) is 53.4 Å². The number of alkyl halides is 3. The summed E-state index contributed by atoms with van der Waals surface area (Å²) in [4.78, 5) is 12.7. The number of pyridine rings is 1. The molecule has 0 fully saturated rings. The molecule has 0 atom stereocenters. The van der Waals surface area contributed by atoms with E-state index in [1.165, 1.54) is 22.9 Å². The van der Waals surface area contributed by atoms with E-state index in [4.69, 9.17) is 11.6 Å². The number of hydrogen-bond donors (Lipinski definition) is 3. The molecule has 8 nitrogen and oxygen atoms in total. The maximum atomic E-state index is 12.4. The van der Waals surface area contributed by atoms with Gasteiger partial charge in [-0.2, -0.15) is 13.2 Å². The van der Waals surface area contributed by atoms with E-state index < -0.39 is 22.7 Å². The highest BCUT2D eigenvalue weighted by atomic mass is 35.5. The number of benzene rings is 1. The van der Waals surface area contributed by atoms with Gasteiger partial charge in [0.15, 0.2) is 5.82 Å². The summed E-state index contributed by atoms with van der Waals surface area (Å²) in [6, 6.07) is 12.0. The number of rotatable bonds is 8. The largest absolute Gasteiger partial charge is 0.402 e. The molecule has 0 bridgehead atoms. The Balaban J connectivity index is 1.92. The van der Waals surface area contributed by atoms with Crippen LogP contribution in [0.4, 0.5) is 30.5 Å². The molecule has 33 heavy (non-hydrogen) atoms. The van der Waals surface area contributed by atoms with Crippen LogP contribution in [-0.2, 0) is 10.0 Å². The minimum Gasteiger partial charge on any atom is -0.368 e. The van der Waals surface area contributed by atoms with Gasteiger partial charge in [0.1, 0.15) is 29.0 Å². The molecule has 0 spiro atoms. The van der Waals surface area contributed by atoms with Crippen LogP contribution >= 0.6 is 11.6 Å². The Morgan fingerprint density at radius 3 is 2.36 bits per heavy atom. The maximum Gasteiger partial charge on any atom is 0.402 e. The van der Waals surface area contributed by atoms with Gasteiger partial charge in [-0.15, -0.1) is 0 Å². The Bertz CT molecular complexity index is 1240. The summed E-state index contributed by atoms with van der Waals surface area (Å²) in [6.07, 6.45) is -4.67. The SMILES string of the molecule is CC(C)Nc1cc(Nc2cccc(S(=O)(=O)NCC(F)(F)F)c2)nc(-c2cccc(Cl)n2)n1. The predicted molar refractivity (Wildman–Crippen MR) is 120 cm³/mol. The molecule has 3 N–H and O–H groups in total. The Labute approximate surface area is 193 Å². The Morgan fingerprint density at radius 2 is 1.70 bits per heavy atom. The normalized spacial score (nSPS) is 12.1. The fourth-order valence-electron chi connectivity index (χ4n) is 2.68. The molecular weight excluding hydrogens is 481 g/mol. The van der Waals surface area contributed by atoms with E-state index in [9.17, 15) is 21.6 Å². The van der Waals surface area contributed by atoms with Crippen LogP contribution in [0.1, 0.15) is 13.8 Å². The van der Waals surface area contributed by atoms with Crippen molar-refractivity contribution in [3.8, 4) is 11.5 Å². The summed E-state index contributed by atoms with van der Waals surface area (Å²) in [5, 5.41) is 6.38. The van der Waals surface area contributed by atoms with Crippen molar-refractivity contribution in [3.63, 3.8) is 0 Å². The van der Waals surface area contributed by atoms with E-state index in [0.717, 1.165) is 0 Å². The quantitative estimate of drug-likeness (QED) is 0.388. The number of anilines is 3. The van der Waals surface area contributed by atoms with Crippen molar-refractivity contribution >= 4 is 38.9 Å². The molecule has 0 aliphatic carbocycles. The minimum atomic E-state index is -4.67. The van der Waals surface area contributed by atoms with Crippen molar-refractivity contribution in [2.24, 2.45) is 0 Å². The van der Waals surface area contributed by atoms with Crippen molar-refractivity contribution in [3.05, 3.63) is 53.7 Å². The van der Waals surface area contributed by atoms with E-state index in [1.54, 1.807) is 30.3 Å².